The van der Waals surface area contributed by atoms with E-state index in [9.17, 15) is 5.11 Å². The van der Waals surface area contributed by atoms with E-state index in [1.807, 2.05) is 18.3 Å². The Balaban J connectivity index is 1.26. The van der Waals surface area contributed by atoms with Gasteiger partial charge in [-0.05, 0) is 70.9 Å². The number of hydrogen-bond donors (Lipinski definition) is 2. The van der Waals surface area contributed by atoms with E-state index in [2.05, 4.69) is 44.2 Å². The molecule has 0 radical (unpaired) electrons. The Morgan fingerprint density at radius 3 is 2.51 bits per heavy atom. The van der Waals surface area contributed by atoms with Crippen LogP contribution in [-0.2, 0) is 0 Å². The van der Waals surface area contributed by atoms with E-state index in [1.165, 1.54) is 43.4 Å². The van der Waals surface area contributed by atoms with Crippen LogP contribution < -0.4 is 10.2 Å². The molecule has 3 aliphatic rings. The molecule has 0 spiro atoms. The van der Waals surface area contributed by atoms with Crippen LogP contribution in [0.3, 0.4) is 0 Å². The summed E-state index contributed by atoms with van der Waals surface area (Å²) in [5, 5.41) is 35.0. The zero-order valence-corrected chi connectivity index (χ0v) is 20.8. The fourth-order valence-corrected chi connectivity index (χ4v) is 6.93. The molecular formula is C26H29N7OS. The Labute approximate surface area is 209 Å². The van der Waals surface area contributed by atoms with E-state index in [0.717, 1.165) is 24.2 Å². The van der Waals surface area contributed by atoms with Gasteiger partial charge >= 0.3 is 0 Å². The third kappa shape index (κ3) is 4.26. The van der Waals surface area contributed by atoms with Crippen molar-refractivity contribution in [1.82, 2.24) is 25.5 Å². The summed E-state index contributed by atoms with van der Waals surface area (Å²) in [5.74, 6) is 1.29. The minimum Gasteiger partial charge on any atom is -0.507 e. The lowest BCUT2D eigenvalue weighted by atomic mass is 9.69. The van der Waals surface area contributed by atoms with Gasteiger partial charge in [0.2, 0.25) is 0 Å². The predicted molar refractivity (Wildman–Crippen MR) is 135 cm³/mol. The first kappa shape index (κ1) is 22.4. The highest BCUT2D eigenvalue weighted by atomic mass is 32.1. The lowest BCUT2D eigenvalue weighted by Crippen LogP contribution is -2.67. The van der Waals surface area contributed by atoms with E-state index >= 15 is 0 Å². The molecule has 2 aromatic heterocycles. The van der Waals surface area contributed by atoms with Gasteiger partial charge < -0.3 is 15.3 Å². The van der Waals surface area contributed by atoms with Crippen LogP contribution in [-0.4, -0.2) is 48.4 Å². The number of hydrogen-bond acceptors (Lipinski definition) is 9. The Hall–Kier alpha value is -3.09. The van der Waals surface area contributed by atoms with Crippen molar-refractivity contribution in [2.75, 3.05) is 4.90 Å². The number of thiazole rings is 1. The SMILES string of the molecule is C[C@]12CCC[C@](C)(C[C@@H](N(c3cnc(-c4ccc(-c5nc(C#N)cs5)cc4O)nn3)C3CC3)C1)N2. The molecule has 3 atom stereocenters. The molecule has 2 N–H and O–H groups in total. The van der Waals surface area contributed by atoms with Gasteiger partial charge in [0.15, 0.2) is 17.3 Å². The number of anilines is 1. The molecule has 0 unspecified atom stereocenters. The Bertz CT molecular complexity index is 1280. The summed E-state index contributed by atoms with van der Waals surface area (Å²) in [5.41, 5.74) is 1.99. The van der Waals surface area contributed by atoms with E-state index in [-0.39, 0.29) is 16.8 Å². The zero-order chi connectivity index (χ0) is 24.2. The van der Waals surface area contributed by atoms with Gasteiger partial charge in [-0.2, -0.15) is 5.26 Å². The van der Waals surface area contributed by atoms with Crippen molar-refractivity contribution in [2.24, 2.45) is 0 Å². The number of piperidine rings is 2. The lowest BCUT2D eigenvalue weighted by molar-refractivity contribution is 0.0766. The average molecular weight is 488 g/mol. The molecule has 1 aromatic carbocycles. The highest BCUT2D eigenvalue weighted by Crippen LogP contribution is 2.45. The monoisotopic (exact) mass is 487 g/mol. The van der Waals surface area contributed by atoms with Crippen molar-refractivity contribution in [1.29, 1.82) is 5.26 Å². The van der Waals surface area contributed by atoms with Gasteiger partial charge in [0.1, 0.15) is 16.8 Å². The number of aromatic hydroxyl groups is 1. The van der Waals surface area contributed by atoms with Crippen LogP contribution in [0.25, 0.3) is 22.0 Å². The molecule has 1 saturated carbocycles. The first-order valence-corrected chi connectivity index (χ1v) is 13.2. The van der Waals surface area contributed by atoms with Crippen LogP contribution in [0.5, 0.6) is 5.75 Å². The maximum atomic E-state index is 10.7. The maximum Gasteiger partial charge on any atom is 0.185 e. The summed E-state index contributed by atoms with van der Waals surface area (Å²) >= 11 is 1.37. The van der Waals surface area contributed by atoms with E-state index in [0.29, 0.717) is 34.2 Å². The minimum absolute atomic E-state index is 0.0665. The van der Waals surface area contributed by atoms with Crippen LogP contribution in [0, 0.1) is 11.3 Å². The van der Waals surface area contributed by atoms with Crippen molar-refractivity contribution >= 4 is 17.2 Å². The molecule has 2 aliphatic heterocycles. The quantitative estimate of drug-likeness (QED) is 0.534. The molecule has 2 saturated heterocycles. The molecule has 2 bridgehead atoms. The number of phenols is 1. The number of fused-ring (bicyclic) bond motifs is 2. The van der Waals surface area contributed by atoms with Gasteiger partial charge in [0.25, 0.3) is 0 Å². The van der Waals surface area contributed by atoms with Crippen LogP contribution in [0.1, 0.15) is 64.5 Å². The average Bonchev–Trinajstić information content (AvgIpc) is 3.53. The molecule has 3 aromatic rings. The van der Waals surface area contributed by atoms with Crippen LogP contribution in [0.15, 0.2) is 29.8 Å². The fraction of sp³-hybridized carbons (Fsp3) is 0.500. The molecule has 0 amide bonds. The smallest absolute Gasteiger partial charge is 0.185 e. The summed E-state index contributed by atoms with van der Waals surface area (Å²) in [6.45, 7) is 4.74. The number of rotatable bonds is 5. The Kier molecular flexibility index (Phi) is 5.27. The van der Waals surface area contributed by atoms with Crippen molar-refractivity contribution in [3.8, 4) is 33.8 Å². The first-order valence-electron chi connectivity index (χ1n) is 12.3. The van der Waals surface area contributed by atoms with Gasteiger partial charge in [-0.15, -0.1) is 21.5 Å². The molecule has 4 heterocycles. The number of nitrogens with zero attached hydrogens (tertiary/aromatic N) is 6. The summed E-state index contributed by atoms with van der Waals surface area (Å²) in [6.07, 6.45) is 10.1. The summed E-state index contributed by atoms with van der Waals surface area (Å²) in [7, 11) is 0. The van der Waals surface area contributed by atoms with E-state index in [4.69, 9.17) is 5.26 Å². The molecular weight excluding hydrogens is 458 g/mol. The lowest BCUT2D eigenvalue weighted by Gasteiger charge is -2.55. The highest BCUT2D eigenvalue weighted by molar-refractivity contribution is 7.13. The maximum absolute atomic E-state index is 10.7. The predicted octanol–water partition coefficient (Wildman–Crippen LogP) is 4.66. The Morgan fingerprint density at radius 1 is 1.14 bits per heavy atom. The molecule has 1 aliphatic carbocycles. The van der Waals surface area contributed by atoms with Gasteiger partial charge in [-0.3, -0.25) is 0 Å². The topological polar surface area (TPSA) is 111 Å². The third-order valence-electron chi connectivity index (χ3n) is 7.68. The van der Waals surface area contributed by atoms with E-state index < -0.39 is 0 Å². The number of aromatic nitrogens is 4. The second-order valence-electron chi connectivity index (χ2n) is 10.8. The van der Waals surface area contributed by atoms with Gasteiger partial charge in [0, 0.05) is 34.1 Å². The third-order valence-corrected chi connectivity index (χ3v) is 8.58. The van der Waals surface area contributed by atoms with Gasteiger partial charge in [-0.1, -0.05) is 6.07 Å². The van der Waals surface area contributed by atoms with Crippen LogP contribution in [0.2, 0.25) is 0 Å². The summed E-state index contributed by atoms with van der Waals surface area (Å²) in [6, 6.07) is 8.25. The van der Waals surface area contributed by atoms with Crippen molar-refractivity contribution < 1.29 is 5.11 Å². The van der Waals surface area contributed by atoms with Crippen LogP contribution >= 0.6 is 11.3 Å². The van der Waals surface area contributed by atoms with Crippen LogP contribution in [0.4, 0.5) is 5.82 Å². The standard InChI is InChI=1S/C26H29N7OS/c1-25-8-3-9-26(2,32-25)12-19(11-25)33(18-5-6-18)22-14-28-23(31-30-22)20-7-4-16(10-21(20)34)24-29-17(13-27)15-35-24/h4,7,10,14-15,18-19,32,34H,3,5-6,8-9,11-12H2,1-2H3/t19-,25-,26+. The van der Waals surface area contributed by atoms with E-state index in [1.54, 1.807) is 17.5 Å². The summed E-state index contributed by atoms with van der Waals surface area (Å²) in [4.78, 5) is 11.4. The van der Waals surface area contributed by atoms with Crippen molar-refractivity contribution in [3.63, 3.8) is 0 Å². The Morgan fingerprint density at radius 2 is 1.91 bits per heavy atom. The second kappa shape index (κ2) is 8.25. The number of nitriles is 1. The molecule has 9 heteroatoms. The summed E-state index contributed by atoms with van der Waals surface area (Å²) < 4.78 is 0. The largest absolute Gasteiger partial charge is 0.507 e. The van der Waals surface area contributed by atoms with Gasteiger partial charge in [-0.25, -0.2) is 9.97 Å². The van der Waals surface area contributed by atoms with Gasteiger partial charge in [0.05, 0.1) is 11.8 Å². The van der Waals surface area contributed by atoms with Crippen molar-refractivity contribution in [3.05, 3.63) is 35.5 Å². The number of nitrogens with one attached hydrogen (secondary N) is 1. The fourth-order valence-electron chi connectivity index (χ4n) is 6.18. The zero-order valence-electron chi connectivity index (χ0n) is 20.0. The normalized spacial score (nSPS) is 27.9. The molecule has 35 heavy (non-hydrogen) atoms. The molecule has 180 valence electrons. The second-order valence-corrected chi connectivity index (χ2v) is 11.7. The molecule has 8 nitrogen and oxygen atoms in total. The number of phenolic OH excluding ortho intramolecular Hbond substituents is 1. The first-order chi connectivity index (χ1) is 16.8. The van der Waals surface area contributed by atoms with Crippen molar-refractivity contribution in [2.45, 2.75) is 82.0 Å². The number of benzene rings is 1. The minimum atomic E-state index is 0.0665. The molecule has 3 fully saturated rings. The highest BCUT2D eigenvalue weighted by Gasteiger charge is 2.49. The molecule has 6 rings (SSSR count).